The van der Waals surface area contributed by atoms with Crippen LogP contribution in [0.3, 0.4) is 0 Å². The molecule has 0 amide bonds. The van der Waals surface area contributed by atoms with Gasteiger partial charge in [0.25, 0.3) is 0 Å². The third-order valence-electron chi connectivity index (χ3n) is 2.58. The second-order valence-corrected chi connectivity index (χ2v) is 4.08. The van der Waals surface area contributed by atoms with Gasteiger partial charge in [-0.05, 0) is 30.0 Å². The van der Waals surface area contributed by atoms with Gasteiger partial charge in [-0.25, -0.2) is 0 Å². The molecule has 14 heavy (non-hydrogen) atoms. The summed E-state index contributed by atoms with van der Waals surface area (Å²) in [6.45, 7) is 7.09. The van der Waals surface area contributed by atoms with Crippen LogP contribution in [0, 0.1) is 6.92 Å². The Morgan fingerprint density at radius 3 is 2.50 bits per heavy atom. The van der Waals surface area contributed by atoms with Gasteiger partial charge in [0, 0.05) is 12.7 Å². The van der Waals surface area contributed by atoms with Crippen molar-refractivity contribution in [3.63, 3.8) is 0 Å². The van der Waals surface area contributed by atoms with Crippen molar-refractivity contribution in [2.75, 3.05) is 18.6 Å². The molecule has 0 aromatic heterocycles. The monoisotopic (exact) mass is 192 g/mol. The standard InChI is InChI=1S/C12H20N2/c1-9(2)11-6-5-10(3)12(7-11)14(4)8-13/h5-7,9H,8,13H2,1-4H3. The van der Waals surface area contributed by atoms with Gasteiger partial charge in [0.1, 0.15) is 0 Å². The maximum atomic E-state index is 5.63. The highest BCUT2D eigenvalue weighted by atomic mass is 15.1. The van der Waals surface area contributed by atoms with E-state index in [1.807, 2.05) is 7.05 Å². The fourth-order valence-electron chi connectivity index (χ4n) is 1.50. The molecule has 1 aromatic rings. The van der Waals surface area contributed by atoms with Gasteiger partial charge in [0.05, 0.1) is 6.67 Å². The molecule has 0 aliphatic rings. The number of nitrogens with zero attached hydrogens (tertiary/aromatic N) is 1. The summed E-state index contributed by atoms with van der Waals surface area (Å²) in [6, 6.07) is 6.58. The molecule has 0 saturated carbocycles. The lowest BCUT2D eigenvalue weighted by molar-refractivity contribution is 0.858. The van der Waals surface area contributed by atoms with Crippen LogP contribution in [0.25, 0.3) is 0 Å². The van der Waals surface area contributed by atoms with Gasteiger partial charge in [-0.2, -0.15) is 0 Å². The molecule has 0 saturated heterocycles. The van der Waals surface area contributed by atoms with E-state index in [-0.39, 0.29) is 0 Å². The first-order valence-corrected chi connectivity index (χ1v) is 5.08. The van der Waals surface area contributed by atoms with Crippen molar-refractivity contribution in [3.8, 4) is 0 Å². The Bertz CT molecular complexity index is 305. The Kier molecular flexibility index (Phi) is 3.53. The van der Waals surface area contributed by atoms with Crippen LogP contribution in [-0.2, 0) is 0 Å². The van der Waals surface area contributed by atoms with Crippen LogP contribution in [0.2, 0.25) is 0 Å². The molecule has 0 radical (unpaired) electrons. The zero-order valence-electron chi connectivity index (χ0n) is 9.54. The van der Waals surface area contributed by atoms with Crippen molar-refractivity contribution in [1.29, 1.82) is 0 Å². The van der Waals surface area contributed by atoms with Crippen molar-refractivity contribution in [2.24, 2.45) is 5.73 Å². The lowest BCUT2D eigenvalue weighted by Crippen LogP contribution is -2.25. The first-order valence-electron chi connectivity index (χ1n) is 5.08. The number of aryl methyl sites for hydroxylation is 1. The molecule has 0 spiro atoms. The topological polar surface area (TPSA) is 29.3 Å². The fourth-order valence-corrected chi connectivity index (χ4v) is 1.50. The number of hydrogen-bond donors (Lipinski definition) is 1. The van der Waals surface area contributed by atoms with E-state index in [2.05, 4.69) is 43.9 Å². The molecule has 0 atom stereocenters. The molecular weight excluding hydrogens is 172 g/mol. The molecule has 0 bridgehead atoms. The lowest BCUT2D eigenvalue weighted by atomic mass is 10.0. The zero-order valence-corrected chi connectivity index (χ0v) is 9.54. The SMILES string of the molecule is Cc1ccc(C(C)C)cc1N(C)CN. The normalized spacial score (nSPS) is 10.7. The number of hydrogen-bond acceptors (Lipinski definition) is 2. The van der Waals surface area contributed by atoms with Crippen LogP contribution in [0.5, 0.6) is 0 Å². The van der Waals surface area contributed by atoms with Gasteiger partial charge >= 0.3 is 0 Å². The Morgan fingerprint density at radius 1 is 1.36 bits per heavy atom. The number of nitrogens with two attached hydrogens (primary N) is 1. The second-order valence-electron chi connectivity index (χ2n) is 4.08. The minimum atomic E-state index is 0.558. The number of anilines is 1. The first kappa shape index (κ1) is 11.1. The minimum Gasteiger partial charge on any atom is -0.362 e. The zero-order chi connectivity index (χ0) is 10.7. The highest BCUT2D eigenvalue weighted by molar-refractivity contribution is 5.54. The summed E-state index contributed by atoms with van der Waals surface area (Å²) in [6.07, 6.45) is 0. The number of benzene rings is 1. The van der Waals surface area contributed by atoms with Crippen molar-refractivity contribution >= 4 is 5.69 Å². The number of rotatable bonds is 3. The summed E-state index contributed by atoms with van der Waals surface area (Å²) in [5, 5.41) is 0. The Hall–Kier alpha value is -1.02. The van der Waals surface area contributed by atoms with Crippen LogP contribution in [0.1, 0.15) is 30.9 Å². The molecule has 0 fully saturated rings. The predicted octanol–water partition coefficient (Wildman–Crippen LogP) is 2.47. The highest BCUT2D eigenvalue weighted by Crippen LogP contribution is 2.24. The van der Waals surface area contributed by atoms with Gasteiger partial charge in [-0.3, -0.25) is 0 Å². The molecule has 1 aromatic carbocycles. The maximum absolute atomic E-state index is 5.63. The van der Waals surface area contributed by atoms with E-state index in [1.165, 1.54) is 16.8 Å². The van der Waals surface area contributed by atoms with Crippen molar-refractivity contribution in [2.45, 2.75) is 26.7 Å². The summed E-state index contributed by atoms with van der Waals surface area (Å²) in [4.78, 5) is 2.07. The largest absolute Gasteiger partial charge is 0.362 e. The quantitative estimate of drug-likeness (QED) is 0.745. The van der Waals surface area contributed by atoms with Crippen LogP contribution in [0.15, 0.2) is 18.2 Å². The average Bonchev–Trinajstić information content (AvgIpc) is 2.17. The van der Waals surface area contributed by atoms with Gasteiger partial charge in [-0.1, -0.05) is 26.0 Å². The maximum Gasteiger partial charge on any atom is 0.0653 e. The predicted molar refractivity (Wildman–Crippen MR) is 62.7 cm³/mol. The molecule has 0 aliphatic heterocycles. The first-order chi connectivity index (χ1) is 6.56. The smallest absolute Gasteiger partial charge is 0.0653 e. The fraction of sp³-hybridized carbons (Fsp3) is 0.500. The molecule has 0 unspecified atom stereocenters. The summed E-state index contributed by atoms with van der Waals surface area (Å²) >= 11 is 0. The summed E-state index contributed by atoms with van der Waals surface area (Å²) in [5.74, 6) is 0.570. The van der Waals surface area contributed by atoms with Gasteiger partial charge in [-0.15, -0.1) is 0 Å². The lowest BCUT2D eigenvalue weighted by Gasteiger charge is -2.20. The summed E-state index contributed by atoms with van der Waals surface area (Å²) in [7, 11) is 2.02. The Labute approximate surface area is 86.7 Å². The van der Waals surface area contributed by atoms with Gasteiger partial charge in [0.2, 0.25) is 0 Å². The van der Waals surface area contributed by atoms with E-state index in [9.17, 15) is 0 Å². The van der Waals surface area contributed by atoms with E-state index in [0.29, 0.717) is 12.6 Å². The van der Waals surface area contributed by atoms with E-state index in [0.717, 1.165) is 0 Å². The van der Waals surface area contributed by atoms with Gasteiger partial charge in [0.15, 0.2) is 0 Å². The van der Waals surface area contributed by atoms with Gasteiger partial charge < -0.3 is 10.6 Å². The molecule has 2 heteroatoms. The third kappa shape index (κ3) is 2.26. The summed E-state index contributed by atoms with van der Waals surface area (Å²) < 4.78 is 0. The average molecular weight is 192 g/mol. The van der Waals surface area contributed by atoms with E-state index >= 15 is 0 Å². The molecule has 2 nitrogen and oxygen atoms in total. The Morgan fingerprint density at radius 2 is 2.00 bits per heavy atom. The van der Waals surface area contributed by atoms with Crippen LogP contribution >= 0.6 is 0 Å². The highest BCUT2D eigenvalue weighted by Gasteiger charge is 2.06. The van der Waals surface area contributed by atoms with E-state index in [4.69, 9.17) is 5.73 Å². The van der Waals surface area contributed by atoms with E-state index < -0.39 is 0 Å². The molecular formula is C12H20N2. The minimum absolute atomic E-state index is 0.558. The van der Waals surface area contributed by atoms with Crippen LogP contribution in [0.4, 0.5) is 5.69 Å². The Balaban J connectivity index is 3.08. The molecule has 0 aliphatic carbocycles. The molecule has 0 heterocycles. The molecule has 1 rings (SSSR count). The molecule has 78 valence electrons. The van der Waals surface area contributed by atoms with E-state index in [1.54, 1.807) is 0 Å². The van der Waals surface area contributed by atoms with Crippen molar-refractivity contribution in [1.82, 2.24) is 0 Å². The molecule has 2 N–H and O–H groups in total. The third-order valence-corrected chi connectivity index (χ3v) is 2.58. The second kappa shape index (κ2) is 4.47. The van der Waals surface area contributed by atoms with Crippen molar-refractivity contribution < 1.29 is 0 Å². The van der Waals surface area contributed by atoms with Crippen LogP contribution in [-0.4, -0.2) is 13.7 Å². The van der Waals surface area contributed by atoms with Crippen molar-refractivity contribution in [3.05, 3.63) is 29.3 Å². The van der Waals surface area contributed by atoms with Crippen LogP contribution < -0.4 is 10.6 Å². The summed E-state index contributed by atoms with van der Waals surface area (Å²) in [5.41, 5.74) is 9.51.